The van der Waals surface area contributed by atoms with Crippen LogP contribution in [0, 0.1) is 0 Å². The van der Waals surface area contributed by atoms with Gasteiger partial charge in [0.15, 0.2) is 0 Å². The van der Waals surface area contributed by atoms with Crippen LogP contribution in [0.1, 0.15) is 32.1 Å². The second kappa shape index (κ2) is 8.17. The minimum atomic E-state index is -3.11. The summed E-state index contributed by atoms with van der Waals surface area (Å²) in [6, 6.07) is 6.90. The summed E-state index contributed by atoms with van der Waals surface area (Å²) in [5, 5.41) is 3.44. The van der Waals surface area contributed by atoms with Crippen LogP contribution in [-0.4, -0.2) is 37.6 Å². The van der Waals surface area contributed by atoms with Crippen LogP contribution < -0.4 is 11.1 Å². The molecule has 0 heterocycles. The smallest absolute Gasteiger partial charge is 0.241 e. The Morgan fingerprint density at radius 2 is 1.91 bits per heavy atom. The number of benzene rings is 1. The van der Waals surface area contributed by atoms with Gasteiger partial charge < -0.3 is 11.1 Å². The average molecular weight is 357 g/mol. The summed E-state index contributed by atoms with van der Waals surface area (Å²) in [5.41, 5.74) is 6.41. The summed E-state index contributed by atoms with van der Waals surface area (Å²) < 4.78 is 22.2. The number of thioether (sulfide) groups is 1. The minimum Gasteiger partial charge on any atom is -0.325 e. The van der Waals surface area contributed by atoms with Crippen molar-refractivity contribution in [2.24, 2.45) is 5.73 Å². The fourth-order valence-electron chi connectivity index (χ4n) is 2.52. The molecule has 0 aromatic heterocycles. The summed E-state index contributed by atoms with van der Waals surface area (Å²) in [6.45, 7) is 0. The molecule has 5 nitrogen and oxygen atoms in total. The molecule has 0 radical (unpaired) electrons. The molecule has 1 aromatic carbocycles. The van der Waals surface area contributed by atoms with Crippen LogP contribution in [-0.2, 0) is 14.6 Å². The quantitative estimate of drug-likeness (QED) is 0.783. The number of carbonyl (C=O) groups excluding carboxylic acids is 1. The second-order valence-electron chi connectivity index (χ2n) is 6.06. The van der Waals surface area contributed by atoms with Crippen molar-refractivity contribution in [3.8, 4) is 0 Å². The zero-order valence-electron chi connectivity index (χ0n) is 13.3. The van der Waals surface area contributed by atoms with E-state index < -0.39 is 15.9 Å². The molecule has 23 heavy (non-hydrogen) atoms. The normalized spacial score (nSPS) is 17.1. The molecule has 1 atom stereocenters. The van der Waals surface area contributed by atoms with Gasteiger partial charge in [-0.2, -0.15) is 0 Å². The summed E-state index contributed by atoms with van der Waals surface area (Å²) in [6.07, 6.45) is 6.45. The van der Waals surface area contributed by atoms with Crippen LogP contribution in [0.15, 0.2) is 29.2 Å². The standard InChI is InChI=1S/C16H24N2O3S2/c1-23(20,21)11-10-15(17)16(19)18-12-6-8-14(9-7-12)22-13-4-2-3-5-13/h6-9,13,15H,2-5,10-11,17H2,1H3,(H,18,19). The van der Waals surface area contributed by atoms with Gasteiger partial charge in [0.2, 0.25) is 5.91 Å². The lowest BCUT2D eigenvalue weighted by Crippen LogP contribution is -2.37. The largest absolute Gasteiger partial charge is 0.325 e. The monoisotopic (exact) mass is 356 g/mol. The van der Waals surface area contributed by atoms with Gasteiger partial charge in [-0.1, -0.05) is 12.8 Å². The topological polar surface area (TPSA) is 89.3 Å². The molecule has 1 aromatic rings. The lowest BCUT2D eigenvalue weighted by atomic mass is 10.2. The third-order valence-electron chi connectivity index (χ3n) is 3.86. The highest BCUT2D eigenvalue weighted by Gasteiger charge is 2.17. The van der Waals surface area contributed by atoms with Gasteiger partial charge >= 0.3 is 0 Å². The molecule has 0 spiro atoms. The predicted octanol–water partition coefficient (Wildman–Crippen LogP) is 2.42. The number of anilines is 1. The molecule has 1 aliphatic rings. The molecular weight excluding hydrogens is 332 g/mol. The van der Waals surface area contributed by atoms with Crippen molar-refractivity contribution in [1.29, 1.82) is 0 Å². The second-order valence-corrected chi connectivity index (χ2v) is 9.70. The fourth-order valence-corrected chi connectivity index (χ4v) is 4.45. The molecule has 0 aliphatic heterocycles. The number of sulfone groups is 1. The maximum atomic E-state index is 12.0. The van der Waals surface area contributed by atoms with Crippen LogP contribution >= 0.6 is 11.8 Å². The van der Waals surface area contributed by atoms with E-state index in [2.05, 4.69) is 5.32 Å². The van der Waals surface area contributed by atoms with E-state index >= 15 is 0 Å². The summed E-state index contributed by atoms with van der Waals surface area (Å²) in [4.78, 5) is 13.2. The van der Waals surface area contributed by atoms with Gasteiger partial charge in [-0.3, -0.25) is 4.79 Å². The number of nitrogens with one attached hydrogen (secondary N) is 1. The third kappa shape index (κ3) is 6.53. The van der Waals surface area contributed by atoms with Crippen molar-refractivity contribution < 1.29 is 13.2 Å². The Labute approximate surface area is 142 Å². The molecule has 1 fully saturated rings. The molecular formula is C16H24N2O3S2. The van der Waals surface area contributed by atoms with Crippen LogP contribution in [0.2, 0.25) is 0 Å². The van der Waals surface area contributed by atoms with Crippen LogP contribution in [0.5, 0.6) is 0 Å². The number of nitrogens with two attached hydrogens (primary N) is 1. The summed E-state index contributed by atoms with van der Waals surface area (Å²) in [7, 11) is -3.11. The molecule has 2 rings (SSSR count). The van der Waals surface area contributed by atoms with Crippen molar-refractivity contribution in [3.05, 3.63) is 24.3 Å². The van der Waals surface area contributed by atoms with Gasteiger partial charge in [0.05, 0.1) is 11.8 Å². The fraction of sp³-hybridized carbons (Fsp3) is 0.562. The van der Waals surface area contributed by atoms with Gasteiger partial charge in [0, 0.05) is 22.1 Å². The van der Waals surface area contributed by atoms with Crippen molar-refractivity contribution in [3.63, 3.8) is 0 Å². The van der Waals surface area contributed by atoms with Crippen molar-refractivity contribution in [2.45, 2.75) is 48.3 Å². The zero-order valence-corrected chi connectivity index (χ0v) is 15.0. The summed E-state index contributed by atoms with van der Waals surface area (Å²) in [5.74, 6) is -0.441. The number of amides is 1. The van der Waals surface area contributed by atoms with Gasteiger partial charge in [-0.15, -0.1) is 11.8 Å². The Morgan fingerprint density at radius 3 is 2.48 bits per heavy atom. The van der Waals surface area contributed by atoms with E-state index in [-0.39, 0.29) is 18.1 Å². The Kier molecular flexibility index (Phi) is 6.50. The van der Waals surface area contributed by atoms with Gasteiger partial charge in [-0.05, 0) is 43.5 Å². The Morgan fingerprint density at radius 1 is 1.30 bits per heavy atom. The first-order valence-electron chi connectivity index (χ1n) is 7.84. The van der Waals surface area contributed by atoms with Crippen molar-refractivity contribution in [2.75, 3.05) is 17.3 Å². The molecule has 1 amide bonds. The first-order chi connectivity index (χ1) is 10.8. The number of rotatable bonds is 7. The van der Waals surface area contributed by atoms with E-state index in [1.54, 1.807) is 0 Å². The summed E-state index contributed by atoms with van der Waals surface area (Å²) >= 11 is 1.89. The first-order valence-corrected chi connectivity index (χ1v) is 10.8. The van der Waals surface area contributed by atoms with E-state index in [1.807, 2.05) is 36.0 Å². The SMILES string of the molecule is CS(=O)(=O)CCC(N)C(=O)Nc1ccc(SC2CCCC2)cc1. The number of hydrogen-bond acceptors (Lipinski definition) is 5. The van der Waals surface area contributed by atoms with Crippen LogP contribution in [0.3, 0.4) is 0 Å². The molecule has 0 saturated heterocycles. The highest BCUT2D eigenvalue weighted by atomic mass is 32.2. The lowest BCUT2D eigenvalue weighted by Gasteiger charge is -2.13. The molecule has 128 valence electrons. The predicted molar refractivity (Wildman–Crippen MR) is 95.5 cm³/mol. The van der Waals surface area contributed by atoms with Gasteiger partial charge in [0.25, 0.3) is 0 Å². The maximum absolute atomic E-state index is 12.0. The lowest BCUT2D eigenvalue weighted by molar-refractivity contribution is -0.117. The highest BCUT2D eigenvalue weighted by molar-refractivity contribution is 8.00. The first kappa shape index (κ1) is 18.3. The van der Waals surface area contributed by atoms with Crippen molar-refractivity contribution >= 4 is 33.2 Å². The van der Waals surface area contributed by atoms with Gasteiger partial charge in [0.1, 0.15) is 9.84 Å². The van der Waals surface area contributed by atoms with Crippen LogP contribution in [0.4, 0.5) is 5.69 Å². The van der Waals surface area contributed by atoms with Crippen molar-refractivity contribution in [1.82, 2.24) is 0 Å². The highest BCUT2D eigenvalue weighted by Crippen LogP contribution is 2.34. The molecule has 7 heteroatoms. The Balaban J connectivity index is 1.83. The number of carbonyl (C=O) groups is 1. The van der Waals surface area contributed by atoms with E-state index in [0.717, 1.165) is 6.26 Å². The molecule has 1 saturated carbocycles. The van der Waals surface area contributed by atoms with E-state index in [0.29, 0.717) is 10.9 Å². The molecule has 0 bridgehead atoms. The zero-order chi connectivity index (χ0) is 16.9. The Bertz CT molecular complexity index is 623. The molecule has 3 N–H and O–H groups in total. The molecule has 1 aliphatic carbocycles. The molecule has 1 unspecified atom stereocenters. The van der Waals surface area contributed by atoms with Gasteiger partial charge in [-0.25, -0.2) is 8.42 Å². The minimum absolute atomic E-state index is 0.0848. The third-order valence-corrected chi connectivity index (χ3v) is 6.19. The maximum Gasteiger partial charge on any atom is 0.241 e. The van der Waals surface area contributed by atoms with Crippen LogP contribution in [0.25, 0.3) is 0 Å². The van der Waals surface area contributed by atoms with E-state index in [1.165, 1.54) is 30.6 Å². The Hall–Kier alpha value is -1.05. The number of hydrogen-bond donors (Lipinski definition) is 2. The average Bonchev–Trinajstić information content (AvgIpc) is 2.99. The van der Waals surface area contributed by atoms with E-state index in [9.17, 15) is 13.2 Å². The van der Waals surface area contributed by atoms with E-state index in [4.69, 9.17) is 5.73 Å².